The maximum absolute atomic E-state index is 10.8. The van der Waals surface area contributed by atoms with Gasteiger partial charge in [0.15, 0.2) is 6.29 Å². The van der Waals surface area contributed by atoms with Gasteiger partial charge in [0.05, 0.1) is 0 Å². The van der Waals surface area contributed by atoms with Crippen LogP contribution in [0.15, 0.2) is 30.5 Å². The van der Waals surface area contributed by atoms with Crippen molar-refractivity contribution in [2.75, 3.05) is 14.1 Å². The largest absolute Gasteiger partial charge is 0.383 e. The first kappa shape index (κ1) is 17.5. The predicted octanol–water partition coefficient (Wildman–Crippen LogP) is 4.68. The van der Waals surface area contributed by atoms with Gasteiger partial charge in [0.1, 0.15) is 0 Å². The van der Waals surface area contributed by atoms with Crippen LogP contribution in [0.4, 0.5) is 0 Å². The summed E-state index contributed by atoms with van der Waals surface area (Å²) in [5, 5.41) is 0. The van der Waals surface area contributed by atoms with Crippen LogP contribution in [0.25, 0.3) is 5.57 Å². The van der Waals surface area contributed by atoms with E-state index in [4.69, 9.17) is 0 Å². The van der Waals surface area contributed by atoms with Crippen LogP contribution in [-0.2, 0) is 4.79 Å². The van der Waals surface area contributed by atoms with Crippen LogP contribution in [0.3, 0.4) is 0 Å². The molecule has 1 aromatic carbocycles. The highest BCUT2D eigenvalue weighted by atomic mass is 16.1. The monoisotopic (exact) mass is 287 g/mol. The van der Waals surface area contributed by atoms with Crippen molar-refractivity contribution in [3.8, 4) is 0 Å². The van der Waals surface area contributed by atoms with E-state index in [2.05, 4.69) is 6.92 Å². The lowest BCUT2D eigenvalue weighted by Gasteiger charge is -2.15. The number of nitrogens with zero attached hydrogens (tertiary/aromatic N) is 1. The molecule has 1 fully saturated rings. The van der Waals surface area contributed by atoms with Crippen LogP contribution in [0.2, 0.25) is 0 Å². The first-order chi connectivity index (χ1) is 10.0. The summed E-state index contributed by atoms with van der Waals surface area (Å²) in [7, 11) is 3.80. The molecule has 0 unspecified atom stereocenters. The van der Waals surface area contributed by atoms with Crippen LogP contribution in [0.5, 0.6) is 0 Å². The fraction of sp³-hybridized carbons (Fsp3) is 0.526. The first-order valence-electron chi connectivity index (χ1n) is 7.93. The molecular weight excluding hydrogens is 258 g/mol. The average Bonchev–Trinajstić information content (AvgIpc) is 2.47. The van der Waals surface area contributed by atoms with E-state index in [1.807, 2.05) is 56.4 Å². The van der Waals surface area contributed by atoms with Crippen molar-refractivity contribution < 1.29 is 4.79 Å². The van der Waals surface area contributed by atoms with Crippen molar-refractivity contribution in [2.24, 2.45) is 5.92 Å². The molecule has 0 aromatic heterocycles. The van der Waals surface area contributed by atoms with Crippen LogP contribution in [0.1, 0.15) is 50.2 Å². The third kappa shape index (κ3) is 7.12. The fourth-order valence-corrected chi connectivity index (χ4v) is 2.50. The molecule has 2 heteroatoms. The Kier molecular flexibility index (Phi) is 7.81. The van der Waals surface area contributed by atoms with Crippen LogP contribution >= 0.6 is 0 Å². The number of aryl methyl sites for hydroxylation is 1. The van der Waals surface area contributed by atoms with Gasteiger partial charge in [0.25, 0.3) is 0 Å². The molecule has 0 aliphatic heterocycles. The van der Waals surface area contributed by atoms with E-state index < -0.39 is 0 Å². The molecule has 1 aromatic rings. The smallest absolute Gasteiger partial charge is 0.152 e. The minimum atomic E-state index is 0.704. The number of carbonyl (C=O) groups is 1. The number of aldehydes is 1. The van der Waals surface area contributed by atoms with E-state index in [1.54, 1.807) is 0 Å². The molecule has 1 saturated carbocycles. The van der Waals surface area contributed by atoms with Gasteiger partial charge in [-0.3, -0.25) is 4.79 Å². The molecule has 0 bridgehead atoms. The zero-order valence-corrected chi connectivity index (χ0v) is 13.9. The summed E-state index contributed by atoms with van der Waals surface area (Å²) >= 11 is 0. The normalized spacial score (nSPS) is 15.9. The highest BCUT2D eigenvalue weighted by molar-refractivity contribution is 6.06. The summed E-state index contributed by atoms with van der Waals surface area (Å²) in [5.41, 5.74) is 2.86. The third-order valence-electron chi connectivity index (χ3n) is 3.80. The molecule has 0 N–H and O–H groups in total. The number of benzene rings is 1. The lowest BCUT2D eigenvalue weighted by Crippen LogP contribution is -2.03. The van der Waals surface area contributed by atoms with Gasteiger partial charge in [-0.15, -0.1) is 0 Å². The molecule has 2 rings (SSSR count). The van der Waals surface area contributed by atoms with E-state index >= 15 is 0 Å². The summed E-state index contributed by atoms with van der Waals surface area (Å²) in [6.07, 6.45) is 10.1. The number of hydrogen-bond donors (Lipinski definition) is 0. The lowest BCUT2D eigenvalue weighted by atomic mass is 9.91. The number of rotatable bonds is 3. The average molecular weight is 287 g/mol. The van der Waals surface area contributed by atoms with Gasteiger partial charge in [-0.25, -0.2) is 0 Å². The number of hydrogen-bond acceptors (Lipinski definition) is 2. The quantitative estimate of drug-likeness (QED) is 0.594. The molecule has 0 amide bonds. The molecule has 21 heavy (non-hydrogen) atoms. The summed E-state index contributed by atoms with van der Waals surface area (Å²) in [5.74, 6) is 1.04. The molecule has 1 aliphatic rings. The second-order valence-electron chi connectivity index (χ2n) is 6.28. The highest BCUT2D eigenvalue weighted by Crippen LogP contribution is 2.22. The summed E-state index contributed by atoms with van der Waals surface area (Å²) in [6.45, 7) is 4.39. The lowest BCUT2D eigenvalue weighted by molar-refractivity contribution is -0.103. The zero-order chi connectivity index (χ0) is 15.7. The van der Waals surface area contributed by atoms with Crippen LogP contribution in [-0.4, -0.2) is 25.3 Å². The van der Waals surface area contributed by atoms with Gasteiger partial charge in [0, 0.05) is 25.9 Å². The van der Waals surface area contributed by atoms with Gasteiger partial charge in [0.2, 0.25) is 0 Å². The fourth-order valence-electron chi connectivity index (χ4n) is 2.50. The predicted molar refractivity (Wildman–Crippen MR) is 91.2 cm³/mol. The molecule has 116 valence electrons. The van der Waals surface area contributed by atoms with E-state index in [-0.39, 0.29) is 0 Å². The maximum atomic E-state index is 10.8. The minimum absolute atomic E-state index is 0.704. The number of allylic oxidation sites excluding steroid dienone is 1. The number of carbonyl (C=O) groups excluding carboxylic acids is 1. The Balaban J connectivity index is 0.000000262. The standard InChI is InChI=1S/C12H15NO.C7H14/c1-10-4-6-11(7-5-10)12(9-14)8-13(2)3;1-7-5-3-2-4-6-7/h4-9H,1-3H3;7H,2-6H2,1H3/b12-8-;. The molecule has 0 saturated heterocycles. The van der Waals surface area contributed by atoms with Crippen molar-refractivity contribution in [3.63, 3.8) is 0 Å². The second-order valence-corrected chi connectivity index (χ2v) is 6.28. The Labute approximate surface area is 129 Å². The molecule has 1 aliphatic carbocycles. The molecular formula is C19H29NO. The maximum Gasteiger partial charge on any atom is 0.152 e. The topological polar surface area (TPSA) is 20.3 Å². The van der Waals surface area contributed by atoms with Gasteiger partial charge in [-0.1, -0.05) is 68.9 Å². The third-order valence-corrected chi connectivity index (χ3v) is 3.80. The molecule has 2 nitrogen and oxygen atoms in total. The SMILES string of the molecule is CC1CCCCC1.Cc1ccc(/C(C=O)=C\N(C)C)cc1. The summed E-state index contributed by atoms with van der Waals surface area (Å²) in [6, 6.07) is 7.92. The van der Waals surface area contributed by atoms with Crippen molar-refractivity contribution in [2.45, 2.75) is 46.0 Å². The Morgan fingerprint density at radius 3 is 2.05 bits per heavy atom. The van der Waals surface area contributed by atoms with Crippen molar-refractivity contribution in [1.29, 1.82) is 0 Å². The van der Waals surface area contributed by atoms with E-state index in [0.717, 1.165) is 17.8 Å². The zero-order valence-electron chi connectivity index (χ0n) is 13.9. The van der Waals surface area contributed by atoms with Crippen LogP contribution < -0.4 is 0 Å². The molecule has 0 heterocycles. The highest BCUT2D eigenvalue weighted by Gasteiger charge is 2.06. The van der Waals surface area contributed by atoms with E-state index in [0.29, 0.717) is 5.57 Å². The van der Waals surface area contributed by atoms with Crippen molar-refractivity contribution >= 4 is 11.9 Å². The van der Waals surface area contributed by atoms with Gasteiger partial charge >= 0.3 is 0 Å². The van der Waals surface area contributed by atoms with E-state index in [9.17, 15) is 4.79 Å². The van der Waals surface area contributed by atoms with Crippen molar-refractivity contribution in [3.05, 3.63) is 41.6 Å². The minimum Gasteiger partial charge on any atom is -0.383 e. The van der Waals surface area contributed by atoms with Gasteiger partial charge < -0.3 is 4.90 Å². The Morgan fingerprint density at radius 1 is 1.10 bits per heavy atom. The van der Waals surface area contributed by atoms with Gasteiger partial charge in [-0.05, 0) is 18.4 Å². The summed E-state index contributed by atoms with van der Waals surface area (Å²) < 4.78 is 0. The van der Waals surface area contributed by atoms with Crippen LogP contribution in [0, 0.1) is 12.8 Å². The first-order valence-corrected chi connectivity index (χ1v) is 7.93. The molecule has 0 atom stereocenters. The van der Waals surface area contributed by atoms with E-state index in [1.165, 1.54) is 37.7 Å². The Hall–Kier alpha value is -1.57. The molecule has 0 radical (unpaired) electrons. The second kappa shape index (κ2) is 9.38. The Bertz CT molecular complexity index is 439. The molecule has 0 spiro atoms. The van der Waals surface area contributed by atoms with Crippen molar-refractivity contribution in [1.82, 2.24) is 4.90 Å². The Morgan fingerprint density at radius 2 is 1.67 bits per heavy atom. The van der Waals surface area contributed by atoms with Gasteiger partial charge in [-0.2, -0.15) is 0 Å². The summed E-state index contributed by atoms with van der Waals surface area (Å²) in [4.78, 5) is 12.7.